The van der Waals surface area contributed by atoms with Crippen LogP contribution in [0.2, 0.25) is 0 Å². The lowest BCUT2D eigenvalue weighted by Crippen LogP contribution is -2.41. The van der Waals surface area contributed by atoms with Crippen LogP contribution >= 0.6 is 11.3 Å². The number of aromatic nitrogens is 2. The van der Waals surface area contributed by atoms with Gasteiger partial charge in [-0.1, -0.05) is 6.07 Å². The van der Waals surface area contributed by atoms with Gasteiger partial charge in [0.1, 0.15) is 5.82 Å². The first-order valence-electron chi connectivity index (χ1n) is 7.46. The summed E-state index contributed by atoms with van der Waals surface area (Å²) in [5.74, 6) is 0.941. The number of nitrogens with one attached hydrogen (secondary N) is 2. The Morgan fingerprint density at radius 1 is 1.48 bits per heavy atom. The average molecular weight is 333 g/mol. The first kappa shape index (κ1) is 15.7. The monoisotopic (exact) mass is 333 g/mol. The first-order valence-corrected chi connectivity index (χ1v) is 8.34. The van der Waals surface area contributed by atoms with Gasteiger partial charge in [0.15, 0.2) is 5.13 Å². The van der Waals surface area contributed by atoms with E-state index < -0.39 is 0 Å². The molecule has 1 aliphatic heterocycles. The van der Waals surface area contributed by atoms with Gasteiger partial charge in [-0.2, -0.15) is 0 Å². The molecule has 7 nitrogen and oxygen atoms in total. The van der Waals surface area contributed by atoms with Crippen LogP contribution in [0.5, 0.6) is 0 Å². The Labute approximate surface area is 138 Å². The maximum atomic E-state index is 11.7. The van der Waals surface area contributed by atoms with E-state index in [1.807, 2.05) is 17.5 Å². The lowest BCUT2D eigenvalue weighted by Gasteiger charge is -2.32. The normalized spacial score (nSPS) is 17.8. The molecule has 1 aliphatic rings. The van der Waals surface area contributed by atoms with E-state index in [0.29, 0.717) is 11.7 Å². The number of pyridine rings is 1. The third-order valence-corrected chi connectivity index (χ3v) is 4.17. The number of thiazole rings is 1. The molecular weight excluding hydrogens is 314 g/mol. The molecule has 122 valence electrons. The third-order valence-electron chi connectivity index (χ3n) is 3.48. The van der Waals surface area contributed by atoms with Gasteiger partial charge in [-0.25, -0.2) is 14.8 Å². The van der Waals surface area contributed by atoms with E-state index in [2.05, 4.69) is 32.4 Å². The maximum absolute atomic E-state index is 11.7. The first-order chi connectivity index (χ1) is 11.2. The minimum absolute atomic E-state index is 0.224. The summed E-state index contributed by atoms with van der Waals surface area (Å²) in [5, 5.41) is 7.85. The highest BCUT2D eigenvalue weighted by atomic mass is 32.1. The van der Waals surface area contributed by atoms with Gasteiger partial charge in [0, 0.05) is 37.4 Å². The summed E-state index contributed by atoms with van der Waals surface area (Å²) in [7, 11) is 0. The Hall–Kier alpha value is -2.19. The molecule has 2 N–H and O–H groups in total. The van der Waals surface area contributed by atoms with Gasteiger partial charge in [-0.3, -0.25) is 5.32 Å². The molecule has 0 aromatic carbocycles. The second-order valence-corrected chi connectivity index (χ2v) is 6.19. The van der Waals surface area contributed by atoms with E-state index >= 15 is 0 Å². The number of urea groups is 1. The molecule has 3 rings (SSSR count). The van der Waals surface area contributed by atoms with Crippen LogP contribution in [-0.2, 0) is 11.3 Å². The fourth-order valence-corrected chi connectivity index (χ4v) is 2.87. The number of rotatable bonds is 4. The van der Waals surface area contributed by atoms with Crippen molar-refractivity contribution < 1.29 is 9.53 Å². The van der Waals surface area contributed by atoms with Gasteiger partial charge in [-0.05, 0) is 18.6 Å². The molecule has 0 saturated carbocycles. The number of ether oxygens (including phenoxy) is 1. The fourth-order valence-electron chi connectivity index (χ4n) is 2.34. The van der Waals surface area contributed by atoms with Crippen molar-refractivity contribution in [2.75, 3.05) is 29.9 Å². The number of anilines is 2. The molecule has 1 saturated heterocycles. The van der Waals surface area contributed by atoms with Gasteiger partial charge in [0.2, 0.25) is 0 Å². The Kier molecular flexibility index (Phi) is 5.04. The largest absolute Gasteiger partial charge is 0.375 e. The zero-order valence-corrected chi connectivity index (χ0v) is 13.7. The van der Waals surface area contributed by atoms with E-state index in [1.165, 1.54) is 11.3 Å². The maximum Gasteiger partial charge on any atom is 0.321 e. The number of morpholine rings is 1. The van der Waals surface area contributed by atoms with Gasteiger partial charge < -0.3 is 15.0 Å². The van der Waals surface area contributed by atoms with Gasteiger partial charge in [0.25, 0.3) is 0 Å². The summed E-state index contributed by atoms with van der Waals surface area (Å²) in [6.07, 6.45) is 3.66. The van der Waals surface area contributed by atoms with E-state index in [0.717, 1.165) is 31.1 Å². The quantitative estimate of drug-likeness (QED) is 0.895. The Bertz CT molecular complexity index is 632. The predicted octanol–water partition coefficient (Wildman–Crippen LogP) is 2.08. The van der Waals surface area contributed by atoms with Crippen LogP contribution in [0, 0.1) is 0 Å². The van der Waals surface area contributed by atoms with E-state index in [9.17, 15) is 4.79 Å². The molecule has 0 radical (unpaired) electrons. The standard InChI is InChI=1S/C15H19N5O2S/c1-11-10-20(5-6-22-11)13-3-2-12(8-17-13)9-18-14(21)19-15-16-4-7-23-15/h2-4,7-8,11H,5-6,9-10H2,1H3,(H2,16,18,19,21)/t11-/m0/s1. The minimum atomic E-state index is -0.272. The number of carbonyl (C=O) groups is 1. The fraction of sp³-hybridized carbons (Fsp3) is 0.400. The average Bonchev–Trinajstić information content (AvgIpc) is 3.06. The van der Waals surface area contributed by atoms with Crippen LogP contribution in [-0.4, -0.2) is 41.8 Å². The number of hydrogen-bond acceptors (Lipinski definition) is 6. The smallest absolute Gasteiger partial charge is 0.321 e. The minimum Gasteiger partial charge on any atom is -0.375 e. The van der Waals surface area contributed by atoms with E-state index in [-0.39, 0.29) is 12.1 Å². The van der Waals surface area contributed by atoms with Gasteiger partial charge >= 0.3 is 6.03 Å². The topological polar surface area (TPSA) is 79.4 Å². The number of nitrogens with zero attached hydrogens (tertiary/aromatic N) is 3. The molecule has 0 bridgehead atoms. The molecule has 23 heavy (non-hydrogen) atoms. The molecule has 1 atom stereocenters. The summed E-state index contributed by atoms with van der Waals surface area (Å²) in [6.45, 7) is 4.91. The molecule has 0 aliphatic carbocycles. The number of carbonyl (C=O) groups excluding carboxylic acids is 1. The Balaban J connectivity index is 1.50. The van der Waals surface area contributed by atoms with Crippen molar-refractivity contribution in [3.63, 3.8) is 0 Å². The highest BCUT2D eigenvalue weighted by molar-refractivity contribution is 7.13. The summed E-state index contributed by atoms with van der Waals surface area (Å²) >= 11 is 1.38. The van der Waals surface area contributed by atoms with Crippen LogP contribution in [0.3, 0.4) is 0 Å². The Morgan fingerprint density at radius 3 is 3.09 bits per heavy atom. The van der Waals surface area contributed by atoms with Crippen LogP contribution in [0.25, 0.3) is 0 Å². The summed E-state index contributed by atoms with van der Waals surface area (Å²) in [5.41, 5.74) is 0.948. The Morgan fingerprint density at radius 2 is 2.39 bits per heavy atom. The predicted molar refractivity (Wildman–Crippen MR) is 89.8 cm³/mol. The van der Waals surface area contributed by atoms with Crippen molar-refractivity contribution in [1.82, 2.24) is 15.3 Å². The van der Waals surface area contributed by atoms with Crippen LogP contribution in [0.4, 0.5) is 15.7 Å². The molecule has 3 heterocycles. The van der Waals surface area contributed by atoms with Gasteiger partial charge in [0.05, 0.1) is 12.7 Å². The summed E-state index contributed by atoms with van der Waals surface area (Å²) < 4.78 is 5.53. The zero-order chi connectivity index (χ0) is 16.1. The lowest BCUT2D eigenvalue weighted by atomic mass is 10.2. The lowest BCUT2D eigenvalue weighted by molar-refractivity contribution is 0.0529. The molecular formula is C15H19N5O2S. The highest BCUT2D eigenvalue weighted by Crippen LogP contribution is 2.15. The molecule has 2 aromatic heterocycles. The zero-order valence-electron chi connectivity index (χ0n) is 12.9. The summed E-state index contributed by atoms with van der Waals surface area (Å²) in [4.78, 5) is 22.4. The molecule has 0 spiro atoms. The van der Waals surface area contributed by atoms with Crippen molar-refractivity contribution in [2.24, 2.45) is 0 Å². The van der Waals surface area contributed by atoms with Gasteiger partial charge in [-0.15, -0.1) is 11.3 Å². The SMILES string of the molecule is C[C@H]1CN(c2ccc(CNC(=O)Nc3nccs3)cn2)CCO1. The number of amides is 2. The second-order valence-electron chi connectivity index (χ2n) is 5.30. The highest BCUT2D eigenvalue weighted by Gasteiger charge is 2.17. The van der Waals surface area contributed by atoms with Crippen LogP contribution in [0.1, 0.15) is 12.5 Å². The van der Waals surface area contributed by atoms with E-state index in [1.54, 1.807) is 12.4 Å². The van der Waals surface area contributed by atoms with Crippen molar-refractivity contribution >= 4 is 28.3 Å². The third kappa shape index (κ3) is 4.40. The van der Waals surface area contributed by atoms with Crippen molar-refractivity contribution in [1.29, 1.82) is 0 Å². The van der Waals surface area contributed by atoms with E-state index in [4.69, 9.17) is 4.74 Å². The molecule has 2 amide bonds. The van der Waals surface area contributed by atoms with Crippen molar-refractivity contribution in [2.45, 2.75) is 19.6 Å². The van der Waals surface area contributed by atoms with Crippen molar-refractivity contribution in [3.05, 3.63) is 35.5 Å². The molecule has 1 fully saturated rings. The second kappa shape index (κ2) is 7.38. The molecule has 0 unspecified atom stereocenters. The molecule has 8 heteroatoms. The number of hydrogen-bond donors (Lipinski definition) is 2. The van der Waals surface area contributed by atoms with Crippen molar-refractivity contribution in [3.8, 4) is 0 Å². The summed E-state index contributed by atoms with van der Waals surface area (Å²) in [6, 6.07) is 3.69. The van der Waals surface area contributed by atoms with Crippen LogP contribution in [0.15, 0.2) is 29.9 Å². The molecule has 2 aromatic rings. The van der Waals surface area contributed by atoms with Crippen LogP contribution < -0.4 is 15.5 Å².